The highest BCUT2D eigenvalue weighted by Crippen LogP contribution is 2.31. The van der Waals surface area contributed by atoms with Crippen molar-refractivity contribution in [2.24, 2.45) is 0 Å². The fraction of sp³-hybridized carbons (Fsp3) is 0.273. The van der Waals surface area contributed by atoms with Crippen molar-refractivity contribution in [3.8, 4) is 0 Å². The van der Waals surface area contributed by atoms with Crippen LogP contribution >= 0.6 is 15.9 Å². The van der Waals surface area contributed by atoms with Gasteiger partial charge in [-0.05, 0) is 12.5 Å². The lowest BCUT2D eigenvalue weighted by atomic mass is 10.2. The van der Waals surface area contributed by atoms with Crippen molar-refractivity contribution in [3.05, 3.63) is 44.5 Å². The summed E-state index contributed by atoms with van der Waals surface area (Å²) in [4.78, 5) is 26.8. The van der Waals surface area contributed by atoms with E-state index in [1.807, 2.05) is 0 Å². The minimum atomic E-state index is -0.489. The molecular weight excluding hydrogens is 302 g/mol. The third-order valence-electron chi connectivity index (χ3n) is 3.07. The van der Waals surface area contributed by atoms with Crippen LogP contribution in [0, 0.1) is 10.1 Å². The van der Waals surface area contributed by atoms with Gasteiger partial charge in [0, 0.05) is 18.7 Å². The molecule has 1 atom stereocenters. The number of hydrogen-bond donors (Lipinski definition) is 0. The molecule has 7 heteroatoms. The number of nitro groups is 1. The second-order valence-corrected chi connectivity index (χ2v) is 5.25. The van der Waals surface area contributed by atoms with E-state index in [-0.39, 0.29) is 16.1 Å². The highest BCUT2D eigenvalue weighted by atomic mass is 79.9. The zero-order valence-corrected chi connectivity index (χ0v) is 10.8. The van der Waals surface area contributed by atoms with Crippen LogP contribution in [0.3, 0.4) is 0 Å². The molecule has 1 unspecified atom stereocenters. The van der Waals surface area contributed by atoms with E-state index in [1.54, 1.807) is 4.57 Å². The van der Waals surface area contributed by atoms with Gasteiger partial charge in [-0.1, -0.05) is 15.9 Å². The molecule has 1 aromatic heterocycles. The van der Waals surface area contributed by atoms with Crippen molar-refractivity contribution in [2.45, 2.75) is 17.8 Å². The molecule has 0 saturated carbocycles. The van der Waals surface area contributed by atoms with Crippen molar-refractivity contribution < 1.29 is 4.92 Å². The number of aromatic nitrogens is 2. The van der Waals surface area contributed by atoms with Gasteiger partial charge in [-0.25, -0.2) is 4.98 Å². The largest absolute Gasteiger partial charge is 0.295 e. The van der Waals surface area contributed by atoms with Gasteiger partial charge < -0.3 is 0 Å². The summed E-state index contributed by atoms with van der Waals surface area (Å²) in [6.07, 6.45) is 0.806. The molecule has 0 radical (unpaired) electrons. The maximum atomic E-state index is 12.2. The minimum Gasteiger partial charge on any atom is -0.295 e. The van der Waals surface area contributed by atoms with Gasteiger partial charge in [0.05, 0.1) is 20.7 Å². The molecule has 2 aromatic rings. The third kappa shape index (κ3) is 1.54. The molecule has 1 aliphatic rings. The second kappa shape index (κ2) is 3.88. The normalized spacial score (nSPS) is 17.9. The fourth-order valence-corrected chi connectivity index (χ4v) is 2.72. The average molecular weight is 310 g/mol. The highest BCUT2D eigenvalue weighted by molar-refractivity contribution is 9.09. The van der Waals surface area contributed by atoms with Crippen LogP contribution in [0.25, 0.3) is 10.9 Å². The molecule has 92 valence electrons. The van der Waals surface area contributed by atoms with E-state index in [0.717, 1.165) is 6.42 Å². The summed E-state index contributed by atoms with van der Waals surface area (Å²) in [6.45, 7) is 0.629. The van der Waals surface area contributed by atoms with Crippen molar-refractivity contribution in [1.29, 1.82) is 0 Å². The number of fused-ring (bicyclic) bond motifs is 2. The Hall–Kier alpha value is -1.76. The number of alkyl halides is 1. The van der Waals surface area contributed by atoms with Gasteiger partial charge in [0.25, 0.3) is 11.2 Å². The zero-order chi connectivity index (χ0) is 12.9. The van der Waals surface area contributed by atoms with Gasteiger partial charge in [0.1, 0.15) is 5.82 Å². The van der Waals surface area contributed by atoms with E-state index < -0.39 is 4.92 Å². The monoisotopic (exact) mass is 309 g/mol. The Morgan fingerprint density at radius 3 is 3.00 bits per heavy atom. The van der Waals surface area contributed by atoms with Crippen LogP contribution in [0.5, 0.6) is 0 Å². The molecule has 2 heterocycles. The van der Waals surface area contributed by atoms with Gasteiger partial charge in [-0.3, -0.25) is 19.5 Å². The van der Waals surface area contributed by atoms with Gasteiger partial charge in [0.15, 0.2) is 0 Å². The van der Waals surface area contributed by atoms with Crippen molar-refractivity contribution in [2.75, 3.05) is 0 Å². The first-order valence-corrected chi connectivity index (χ1v) is 6.32. The Morgan fingerprint density at radius 2 is 2.28 bits per heavy atom. The van der Waals surface area contributed by atoms with Crippen LogP contribution in [0.2, 0.25) is 0 Å². The first-order valence-electron chi connectivity index (χ1n) is 5.41. The summed E-state index contributed by atoms with van der Waals surface area (Å²) < 4.78 is 1.62. The number of nitro benzene ring substituents is 1. The Morgan fingerprint density at radius 1 is 1.50 bits per heavy atom. The first-order chi connectivity index (χ1) is 8.58. The maximum Gasteiger partial charge on any atom is 0.271 e. The lowest BCUT2D eigenvalue weighted by Crippen LogP contribution is -2.21. The summed E-state index contributed by atoms with van der Waals surface area (Å²) >= 11 is 3.45. The molecule has 0 N–H and O–H groups in total. The molecular formula is C11H8BrN3O3. The summed E-state index contributed by atoms with van der Waals surface area (Å²) in [5.41, 5.74) is 0.196. The second-order valence-electron chi connectivity index (χ2n) is 4.14. The molecule has 0 spiro atoms. The quantitative estimate of drug-likeness (QED) is 0.459. The van der Waals surface area contributed by atoms with Crippen LogP contribution in [-0.2, 0) is 6.54 Å². The Kier molecular flexibility index (Phi) is 2.44. The van der Waals surface area contributed by atoms with Gasteiger partial charge in [0.2, 0.25) is 0 Å². The number of non-ortho nitro benzene ring substituents is 1. The van der Waals surface area contributed by atoms with Crippen molar-refractivity contribution >= 4 is 32.5 Å². The fourth-order valence-electron chi connectivity index (χ4n) is 2.17. The van der Waals surface area contributed by atoms with E-state index in [2.05, 4.69) is 20.9 Å². The summed E-state index contributed by atoms with van der Waals surface area (Å²) in [6, 6.07) is 4.15. The van der Waals surface area contributed by atoms with Gasteiger partial charge in [-0.15, -0.1) is 0 Å². The summed E-state index contributed by atoms with van der Waals surface area (Å²) in [5, 5.41) is 11.1. The Balaban J connectivity index is 2.35. The van der Waals surface area contributed by atoms with E-state index in [0.29, 0.717) is 23.3 Å². The predicted octanol–water partition coefficient (Wildman–Crippen LogP) is 2.14. The van der Waals surface area contributed by atoms with E-state index in [9.17, 15) is 14.9 Å². The molecule has 0 fully saturated rings. The number of nitrogens with zero attached hydrogens (tertiary/aromatic N) is 3. The van der Waals surface area contributed by atoms with Crippen LogP contribution in [-0.4, -0.2) is 14.5 Å². The van der Waals surface area contributed by atoms with Gasteiger partial charge in [-0.2, -0.15) is 0 Å². The van der Waals surface area contributed by atoms with Crippen LogP contribution < -0.4 is 5.56 Å². The maximum absolute atomic E-state index is 12.2. The SMILES string of the molecule is O=c1c2ccc([N+](=O)[O-])cc2nc2n1CCC2Br. The minimum absolute atomic E-state index is 0.0360. The number of halogens is 1. The molecule has 1 aromatic carbocycles. The first kappa shape index (κ1) is 11.3. The zero-order valence-electron chi connectivity index (χ0n) is 9.17. The smallest absolute Gasteiger partial charge is 0.271 e. The molecule has 0 saturated heterocycles. The van der Waals surface area contributed by atoms with E-state index in [1.165, 1.54) is 18.2 Å². The van der Waals surface area contributed by atoms with Crippen LogP contribution in [0.1, 0.15) is 17.1 Å². The van der Waals surface area contributed by atoms with E-state index >= 15 is 0 Å². The summed E-state index contributed by atoms with van der Waals surface area (Å²) in [5.74, 6) is 0.646. The topological polar surface area (TPSA) is 78.0 Å². The molecule has 3 rings (SSSR count). The molecule has 1 aliphatic heterocycles. The van der Waals surface area contributed by atoms with Crippen LogP contribution in [0.15, 0.2) is 23.0 Å². The van der Waals surface area contributed by atoms with Crippen LogP contribution in [0.4, 0.5) is 5.69 Å². The number of rotatable bonds is 1. The lowest BCUT2D eigenvalue weighted by Gasteiger charge is -2.05. The third-order valence-corrected chi connectivity index (χ3v) is 3.93. The molecule has 18 heavy (non-hydrogen) atoms. The van der Waals surface area contributed by atoms with Gasteiger partial charge >= 0.3 is 0 Å². The van der Waals surface area contributed by atoms with Crippen molar-refractivity contribution in [3.63, 3.8) is 0 Å². The summed E-state index contributed by atoms with van der Waals surface area (Å²) in [7, 11) is 0. The molecule has 0 bridgehead atoms. The molecule has 0 aliphatic carbocycles. The number of hydrogen-bond acceptors (Lipinski definition) is 4. The lowest BCUT2D eigenvalue weighted by molar-refractivity contribution is -0.384. The molecule has 6 nitrogen and oxygen atoms in total. The predicted molar refractivity (Wildman–Crippen MR) is 68.9 cm³/mol. The molecule has 0 amide bonds. The van der Waals surface area contributed by atoms with Crippen molar-refractivity contribution in [1.82, 2.24) is 9.55 Å². The average Bonchev–Trinajstić information content (AvgIpc) is 2.71. The standard InChI is InChI=1S/C11H8BrN3O3/c12-8-3-4-14-10(8)13-9-5-6(15(17)18)1-2-7(9)11(14)16/h1-2,5,8H,3-4H2. The Bertz CT molecular complexity index is 725. The Labute approximate surface area is 110 Å². The van der Waals surface area contributed by atoms with E-state index in [4.69, 9.17) is 0 Å². The highest BCUT2D eigenvalue weighted by Gasteiger charge is 2.24. The number of benzene rings is 1.